The zero-order valence-corrected chi connectivity index (χ0v) is 19.7. The Hall–Kier alpha value is -3.54. The van der Waals surface area contributed by atoms with E-state index in [-0.39, 0.29) is 30.5 Å². The highest BCUT2D eigenvalue weighted by atomic mass is 16.5. The van der Waals surface area contributed by atoms with Crippen molar-refractivity contribution in [3.8, 4) is 5.75 Å². The Bertz CT molecular complexity index is 1210. The minimum absolute atomic E-state index is 0.138. The third-order valence-electron chi connectivity index (χ3n) is 6.51. The predicted molar refractivity (Wildman–Crippen MR) is 129 cm³/mol. The molecule has 1 aliphatic heterocycles. The van der Waals surface area contributed by atoms with Gasteiger partial charge in [0.25, 0.3) is 5.91 Å². The number of carbonyl (C=O) groups is 2. The van der Waals surface area contributed by atoms with Crippen molar-refractivity contribution in [1.82, 2.24) is 10.2 Å². The minimum atomic E-state index is -0.177. The van der Waals surface area contributed by atoms with E-state index in [1.807, 2.05) is 30.0 Å². The minimum Gasteiger partial charge on any atom is -0.486 e. The smallest absolute Gasteiger partial charge is 0.287 e. The summed E-state index contributed by atoms with van der Waals surface area (Å²) >= 11 is 0. The average Bonchev–Trinajstić information content (AvgIpc) is 3.53. The van der Waals surface area contributed by atoms with E-state index >= 15 is 0 Å². The molecule has 0 bridgehead atoms. The Morgan fingerprint density at radius 3 is 2.74 bits per heavy atom. The van der Waals surface area contributed by atoms with E-state index in [2.05, 4.69) is 36.5 Å². The molecule has 2 aromatic carbocycles. The number of hydrogen-bond acceptors (Lipinski definition) is 4. The number of ether oxygens (including phenoxy) is 1. The van der Waals surface area contributed by atoms with E-state index in [0.29, 0.717) is 30.2 Å². The van der Waals surface area contributed by atoms with Crippen molar-refractivity contribution < 1.29 is 18.7 Å². The van der Waals surface area contributed by atoms with Crippen molar-refractivity contribution in [2.24, 2.45) is 0 Å². The second kappa shape index (κ2) is 9.37. The number of amides is 2. The summed E-state index contributed by atoms with van der Waals surface area (Å²) in [7, 11) is 0. The van der Waals surface area contributed by atoms with Crippen molar-refractivity contribution in [1.29, 1.82) is 0 Å². The topological polar surface area (TPSA) is 71.8 Å². The fraction of sp³-hybridized carbons (Fsp3) is 0.357. The van der Waals surface area contributed by atoms with Gasteiger partial charge < -0.3 is 19.4 Å². The molecule has 176 valence electrons. The van der Waals surface area contributed by atoms with E-state index in [1.54, 1.807) is 12.1 Å². The summed E-state index contributed by atoms with van der Waals surface area (Å²) in [5, 5.41) is 2.93. The molecule has 0 saturated heterocycles. The maximum Gasteiger partial charge on any atom is 0.287 e. The Balaban J connectivity index is 1.37. The highest BCUT2D eigenvalue weighted by molar-refractivity contribution is 5.91. The number of fused-ring (bicyclic) bond motifs is 1. The number of nitrogens with one attached hydrogen (secondary N) is 1. The molecule has 1 aliphatic carbocycles. The molecule has 3 aromatic rings. The molecule has 6 heteroatoms. The maximum atomic E-state index is 12.8. The summed E-state index contributed by atoms with van der Waals surface area (Å²) in [6.45, 7) is 4.91. The number of aryl methyl sites for hydroxylation is 1. The first-order valence-electron chi connectivity index (χ1n) is 12.0. The van der Waals surface area contributed by atoms with Crippen molar-refractivity contribution in [2.75, 3.05) is 6.54 Å². The number of hydrogen-bond donors (Lipinski definition) is 1. The average molecular weight is 459 g/mol. The molecule has 5 rings (SSSR count). The Kier molecular flexibility index (Phi) is 6.14. The number of carbonyl (C=O) groups excluding carboxylic acids is 2. The van der Waals surface area contributed by atoms with Crippen molar-refractivity contribution >= 4 is 11.8 Å². The van der Waals surface area contributed by atoms with Crippen LogP contribution in [0.5, 0.6) is 5.75 Å². The first kappa shape index (κ1) is 22.3. The molecule has 2 aliphatic rings. The van der Waals surface area contributed by atoms with Crippen LogP contribution < -0.4 is 10.1 Å². The molecule has 34 heavy (non-hydrogen) atoms. The summed E-state index contributed by atoms with van der Waals surface area (Å²) in [5.41, 5.74) is 4.61. The molecule has 1 aromatic heterocycles. The SMILES string of the molecule is CCC(=O)N1CCc2ccc(OCc3ccc(C(=O)NC4CC4)o3)cc2C1c1cccc(C)c1. The second-order valence-corrected chi connectivity index (χ2v) is 9.17. The summed E-state index contributed by atoms with van der Waals surface area (Å²) in [5.74, 6) is 1.59. The quantitative estimate of drug-likeness (QED) is 0.544. The summed E-state index contributed by atoms with van der Waals surface area (Å²) < 4.78 is 11.7. The molecule has 2 amide bonds. The lowest BCUT2D eigenvalue weighted by atomic mass is 9.87. The summed E-state index contributed by atoms with van der Waals surface area (Å²) in [6, 6.07) is 18.1. The molecule has 1 atom stereocenters. The molecule has 0 spiro atoms. The standard InChI is InChI=1S/C28H30N2O4/c1-3-26(31)30-14-13-19-7-10-22(16-24(19)27(30)20-6-4-5-18(2)15-20)33-17-23-11-12-25(34-23)28(32)29-21-8-9-21/h4-7,10-12,15-16,21,27H,3,8-9,13-14,17H2,1-2H3,(H,29,32). The zero-order chi connectivity index (χ0) is 23.7. The molecule has 1 unspecified atom stereocenters. The van der Waals surface area contributed by atoms with E-state index in [4.69, 9.17) is 9.15 Å². The van der Waals surface area contributed by atoms with Gasteiger partial charge in [0.05, 0.1) is 6.04 Å². The van der Waals surface area contributed by atoms with Gasteiger partial charge in [0.1, 0.15) is 18.1 Å². The van der Waals surface area contributed by atoms with Crippen molar-refractivity contribution in [3.05, 3.63) is 88.4 Å². The predicted octanol–water partition coefficient (Wildman–Crippen LogP) is 4.94. The zero-order valence-electron chi connectivity index (χ0n) is 19.7. The highest BCUT2D eigenvalue weighted by Crippen LogP contribution is 2.38. The van der Waals surface area contributed by atoms with Crippen LogP contribution in [-0.4, -0.2) is 29.3 Å². The number of benzene rings is 2. The third kappa shape index (κ3) is 4.72. The van der Waals surface area contributed by atoms with Gasteiger partial charge in [0.2, 0.25) is 5.91 Å². The first-order chi connectivity index (χ1) is 16.5. The molecule has 1 fully saturated rings. The maximum absolute atomic E-state index is 12.8. The fourth-order valence-electron chi connectivity index (χ4n) is 4.57. The molecule has 6 nitrogen and oxygen atoms in total. The van der Waals surface area contributed by atoms with Crippen molar-refractivity contribution in [3.63, 3.8) is 0 Å². The molecular formula is C28H30N2O4. The van der Waals surface area contributed by atoms with Crippen LogP contribution >= 0.6 is 0 Å². The fourth-order valence-corrected chi connectivity index (χ4v) is 4.57. The second-order valence-electron chi connectivity index (χ2n) is 9.17. The van der Waals surface area contributed by atoms with Gasteiger partial charge >= 0.3 is 0 Å². The molecular weight excluding hydrogens is 428 g/mol. The van der Waals surface area contributed by atoms with Gasteiger partial charge in [0, 0.05) is 19.0 Å². The lowest BCUT2D eigenvalue weighted by Gasteiger charge is -2.38. The van der Waals surface area contributed by atoms with Crippen LogP contribution in [0.25, 0.3) is 0 Å². The van der Waals surface area contributed by atoms with Gasteiger partial charge in [-0.25, -0.2) is 0 Å². The number of rotatable bonds is 7. The van der Waals surface area contributed by atoms with Gasteiger partial charge in [-0.05, 0) is 67.1 Å². The van der Waals surface area contributed by atoms with Crippen LogP contribution in [0.3, 0.4) is 0 Å². The normalized spacial score (nSPS) is 17.2. The van der Waals surface area contributed by atoms with Crippen LogP contribution in [0.1, 0.15) is 70.8 Å². The summed E-state index contributed by atoms with van der Waals surface area (Å²) in [4.78, 5) is 27.0. The molecule has 2 heterocycles. The van der Waals surface area contributed by atoms with Crippen LogP contribution in [0.4, 0.5) is 0 Å². The lowest BCUT2D eigenvalue weighted by Crippen LogP contribution is -2.40. The van der Waals surface area contributed by atoms with Crippen LogP contribution in [0.2, 0.25) is 0 Å². The van der Waals surface area contributed by atoms with Crippen molar-refractivity contribution in [2.45, 2.75) is 58.2 Å². The molecule has 0 radical (unpaired) electrons. The largest absolute Gasteiger partial charge is 0.486 e. The Morgan fingerprint density at radius 2 is 1.97 bits per heavy atom. The van der Waals surface area contributed by atoms with Crippen LogP contribution in [0, 0.1) is 6.92 Å². The third-order valence-corrected chi connectivity index (χ3v) is 6.51. The van der Waals surface area contributed by atoms with Gasteiger partial charge in [0.15, 0.2) is 5.76 Å². The monoisotopic (exact) mass is 458 g/mol. The Labute approximate surface area is 199 Å². The van der Waals surface area contributed by atoms with Crippen LogP contribution in [-0.2, 0) is 17.8 Å². The van der Waals surface area contributed by atoms with E-state index in [1.165, 1.54) is 11.1 Å². The van der Waals surface area contributed by atoms with E-state index in [0.717, 1.165) is 30.4 Å². The number of furan rings is 1. The highest BCUT2D eigenvalue weighted by Gasteiger charge is 2.32. The Morgan fingerprint density at radius 1 is 1.12 bits per heavy atom. The van der Waals surface area contributed by atoms with E-state index in [9.17, 15) is 9.59 Å². The summed E-state index contributed by atoms with van der Waals surface area (Å²) in [6.07, 6.45) is 3.36. The molecule has 1 saturated carbocycles. The molecule has 1 N–H and O–H groups in total. The van der Waals surface area contributed by atoms with Gasteiger partial charge in [-0.1, -0.05) is 42.8 Å². The lowest BCUT2D eigenvalue weighted by molar-refractivity contribution is -0.132. The van der Waals surface area contributed by atoms with Gasteiger partial charge in [-0.3, -0.25) is 9.59 Å². The van der Waals surface area contributed by atoms with Gasteiger partial charge in [-0.2, -0.15) is 0 Å². The number of nitrogens with zero attached hydrogens (tertiary/aromatic N) is 1. The first-order valence-corrected chi connectivity index (χ1v) is 12.0. The van der Waals surface area contributed by atoms with Gasteiger partial charge in [-0.15, -0.1) is 0 Å². The van der Waals surface area contributed by atoms with Crippen LogP contribution in [0.15, 0.2) is 59.0 Å². The van der Waals surface area contributed by atoms with E-state index < -0.39 is 0 Å².